The molecule has 2 rings (SSSR count). The Morgan fingerprint density at radius 2 is 1.90 bits per heavy atom. The highest BCUT2D eigenvalue weighted by atomic mass is 35.5. The molecule has 0 spiro atoms. The van der Waals surface area contributed by atoms with Gasteiger partial charge < -0.3 is 5.73 Å². The summed E-state index contributed by atoms with van der Waals surface area (Å²) in [6.07, 6.45) is 0.407. The van der Waals surface area contributed by atoms with Crippen LogP contribution >= 0.6 is 11.6 Å². The fourth-order valence-electron chi connectivity index (χ4n) is 2.01. The third-order valence-corrected chi connectivity index (χ3v) is 3.34. The Labute approximate surface area is 120 Å². The third kappa shape index (κ3) is 3.25. The Hall–Kier alpha value is -1.69. The number of hydrogen-bond donors (Lipinski definition) is 3. The third-order valence-electron chi connectivity index (χ3n) is 3.05. The van der Waals surface area contributed by atoms with Gasteiger partial charge in [-0.1, -0.05) is 17.7 Å². The Morgan fingerprint density at radius 3 is 2.55 bits per heavy atom. The number of nitrogen functional groups attached to an aromatic ring is 1. The van der Waals surface area contributed by atoms with Gasteiger partial charge in [0.15, 0.2) is 0 Å². The zero-order valence-electron chi connectivity index (χ0n) is 10.5. The monoisotopic (exact) mass is 297 g/mol. The van der Waals surface area contributed by atoms with Gasteiger partial charge in [-0.25, -0.2) is 8.78 Å². The van der Waals surface area contributed by atoms with Crippen molar-refractivity contribution in [2.75, 3.05) is 5.73 Å². The quantitative estimate of drug-likeness (QED) is 0.462. The van der Waals surface area contributed by atoms with Gasteiger partial charge in [0, 0.05) is 5.69 Å². The Balaban J connectivity index is 2.28. The lowest BCUT2D eigenvalue weighted by Crippen LogP contribution is -2.30. The first-order valence-electron chi connectivity index (χ1n) is 5.96. The van der Waals surface area contributed by atoms with E-state index in [1.54, 1.807) is 6.07 Å². The molecule has 0 heterocycles. The van der Waals surface area contributed by atoms with Crippen molar-refractivity contribution in [2.45, 2.75) is 12.5 Å². The SMILES string of the molecule is NNC(Cc1ccc(F)c(Cl)c1)c1cc(F)ccc1N. The number of hydrazine groups is 1. The summed E-state index contributed by atoms with van der Waals surface area (Å²) in [4.78, 5) is 0. The Kier molecular flexibility index (Phi) is 4.54. The molecule has 106 valence electrons. The lowest BCUT2D eigenvalue weighted by Gasteiger charge is -2.18. The van der Waals surface area contributed by atoms with Crippen LogP contribution in [0, 0.1) is 11.6 Å². The summed E-state index contributed by atoms with van der Waals surface area (Å²) in [6, 6.07) is 8.07. The molecule has 3 nitrogen and oxygen atoms in total. The van der Waals surface area contributed by atoms with Gasteiger partial charge >= 0.3 is 0 Å². The second kappa shape index (κ2) is 6.17. The van der Waals surface area contributed by atoms with Crippen molar-refractivity contribution < 1.29 is 8.78 Å². The average molecular weight is 298 g/mol. The summed E-state index contributed by atoms with van der Waals surface area (Å²) in [6.45, 7) is 0. The predicted octanol–water partition coefficient (Wildman–Crippen LogP) is 2.95. The zero-order chi connectivity index (χ0) is 14.7. The van der Waals surface area contributed by atoms with Crippen molar-refractivity contribution in [1.82, 2.24) is 5.43 Å². The summed E-state index contributed by atoms with van der Waals surface area (Å²) in [7, 11) is 0. The number of halogens is 3. The number of rotatable bonds is 4. The number of anilines is 1. The van der Waals surface area contributed by atoms with Gasteiger partial charge in [-0.05, 0) is 47.9 Å². The number of hydrogen-bond acceptors (Lipinski definition) is 3. The van der Waals surface area contributed by atoms with Crippen LogP contribution < -0.4 is 17.0 Å². The molecule has 0 aliphatic carbocycles. The van der Waals surface area contributed by atoms with Gasteiger partial charge in [0.1, 0.15) is 11.6 Å². The number of benzene rings is 2. The summed E-state index contributed by atoms with van der Waals surface area (Å²) >= 11 is 5.73. The lowest BCUT2D eigenvalue weighted by atomic mass is 9.98. The molecule has 6 heteroatoms. The van der Waals surface area contributed by atoms with E-state index in [9.17, 15) is 8.78 Å². The normalized spacial score (nSPS) is 12.4. The molecular formula is C14H14ClF2N3. The van der Waals surface area contributed by atoms with E-state index >= 15 is 0 Å². The van der Waals surface area contributed by atoms with Gasteiger partial charge in [-0.15, -0.1) is 0 Å². The minimum Gasteiger partial charge on any atom is -0.398 e. The van der Waals surface area contributed by atoms with Gasteiger partial charge in [0.05, 0.1) is 11.1 Å². The highest BCUT2D eigenvalue weighted by Gasteiger charge is 2.15. The van der Waals surface area contributed by atoms with E-state index in [-0.39, 0.29) is 5.02 Å². The molecule has 1 atom stereocenters. The summed E-state index contributed by atoms with van der Waals surface area (Å²) in [5.74, 6) is 4.62. The summed E-state index contributed by atoms with van der Waals surface area (Å²) in [5, 5.41) is 0.0329. The highest BCUT2D eigenvalue weighted by molar-refractivity contribution is 6.30. The molecule has 0 amide bonds. The molecule has 20 heavy (non-hydrogen) atoms. The van der Waals surface area contributed by atoms with Crippen LogP contribution in [0.5, 0.6) is 0 Å². The van der Waals surface area contributed by atoms with E-state index in [4.69, 9.17) is 23.2 Å². The molecule has 0 fully saturated rings. The Bertz CT molecular complexity index is 619. The zero-order valence-corrected chi connectivity index (χ0v) is 11.3. The van der Waals surface area contributed by atoms with E-state index in [2.05, 4.69) is 5.43 Å². The van der Waals surface area contributed by atoms with Crippen LogP contribution in [0.15, 0.2) is 36.4 Å². The molecule has 0 saturated carbocycles. The van der Waals surface area contributed by atoms with Gasteiger partial charge in [-0.3, -0.25) is 11.3 Å². The molecule has 5 N–H and O–H groups in total. The van der Waals surface area contributed by atoms with Crippen LogP contribution in [0.4, 0.5) is 14.5 Å². The number of nitrogens with one attached hydrogen (secondary N) is 1. The second-order valence-corrected chi connectivity index (χ2v) is 4.85. The van der Waals surface area contributed by atoms with Gasteiger partial charge in [0.25, 0.3) is 0 Å². The van der Waals surface area contributed by atoms with Gasteiger partial charge in [-0.2, -0.15) is 0 Å². The fraction of sp³-hybridized carbons (Fsp3) is 0.143. The first-order valence-corrected chi connectivity index (χ1v) is 6.34. The van der Waals surface area contributed by atoms with E-state index < -0.39 is 17.7 Å². The van der Waals surface area contributed by atoms with Crippen LogP contribution in [-0.2, 0) is 6.42 Å². The summed E-state index contributed by atoms with van der Waals surface area (Å²) < 4.78 is 26.4. The minimum atomic E-state index is -0.488. The molecule has 0 aliphatic rings. The first-order chi connectivity index (χ1) is 9.51. The molecule has 0 saturated heterocycles. The minimum absolute atomic E-state index is 0.0329. The van der Waals surface area contributed by atoms with Crippen LogP contribution in [0.2, 0.25) is 5.02 Å². The van der Waals surface area contributed by atoms with Crippen molar-refractivity contribution in [3.63, 3.8) is 0 Å². The maximum atomic E-state index is 13.3. The Morgan fingerprint density at radius 1 is 1.15 bits per heavy atom. The van der Waals surface area contributed by atoms with Crippen LogP contribution in [0.25, 0.3) is 0 Å². The molecule has 2 aromatic carbocycles. The fourth-order valence-corrected chi connectivity index (χ4v) is 2.21. The van der Waals surface area contributed by atoms with Crippen LogP contribution in [-0.4, -0.2) is 0 Å². The predicted molar refractivity (Wildman–Crippen MR) is 76.0 cm³/mol. The van der Waals surface area contributed by atoms with Crippen molar-refractivity contribution >= 4 is 17.3 Å². The maximum absolute atomic E-state index is 13.3. The largest absolute Gasteiger partial charge is 0.398 e. The smallest absolute Gasteiger partial charge is 0.141 e. The lowest BCUT2D eigenvalue weighted by molar-refractivity contribution is 0.545. The van der Waals surface area contributed by atoms with Gasteiger partial charge in [0.2, 0.25) is 0 Å². The summed E-state index contributed by atoms with van der Waals surface area (Å²) in [5.41, 5.74) is 10.2. The standard InChI is InChI=1S/C14H14ClF2N3/c15-11-5-8(1-3-12(11)17)6-14(20-19)10-7-9(16)2-4-13(10)18/h1-5,7,14,20H,6,18-19H2. The molecule has 1 unspecified atom stereocenters. The van der Waals surface area contributed by atoms with E-state index in [1.165, 1.54) is 30.3 Å². The topological polar surface area (TPSA) is 64.1 Å². The van der Waals surface area contributed by atoms with Crippen LogP contribution in [0.3, 0.4) is 0 Å². The van der Waals surface area contributed by atoms with Crippen LogP contribution in [0.1, 0.15) is 17.2 Å². The van der Waals surface area contributed by atoms with Crippen molar-refractivity contribution in [2.24, 2.45) is 5.84 Å². The van der Waals surface area contributed by atoms with E-state index in [0.717, 1.165) is 5.56 Å². The maximum Gasteiger partial charge on any atom is 0.141 e. The molecule has 0 bridgehead atoms. The first kappa shape index (κ1) is 14.7. The van der Waals surface area contributed by atoms with E-state index in [1.807, 2.05) is 0 Å². The number of nitrogens with two attached hydrogens (primary N) is 2. The van der Waals surface area contributed by atoms with E-state index in [0.29, 0.717) is 17.7 Å². The second-order valence-electron chi connectivity index (χ2n) is 4.45. The highest BCUT2D eigenvalue weighted by Crippen LogP contribution is 2.26. The van der Waals surface area contributed by atoms with Crippen molar-refractivity contribution in [3.05, 3.63) is 64.2 Å². The molecule has 0 aliphatic heterocycles. The molecular weight excluding hydrogens is 284 g/mol. The van der Waals surface area contributed by atoms with Crippen molar-refractivity contribution in [3.8, 4) is 0 Å². The average Bonchev–Trinajstić information content (AvgIpc) is 2.43. The molecule has 0 radical (unpaired) electrons. The van der Waals surface area contributed by atoms with Crippen molar-refractivity contribution in [1.29, 1.82) is 0 Å². The molecule has 0 aromatic heterocycles. The molecule has 2 aromatic rings.